The van der Waals surface area contributed by atoms with Crippen molar-refractivity contribution in [3.8, 4) is 5.88 Å². The van der Waals surface area contributed by atoms with Gasteiger partial charge in [-0.05, 0) is 13.0 Å². The molecule has 5 nitrogen and oxygen atoms in total. The smallest absolute Gasteiger partial charge is 0.272 e. The van der Waals surface area contributed by atoms with Gasteiger partial charge in [-0.1, -0.05) is 6.07 Å². The molecule has 1 aromatic heterocycles. The van der Waals surface area contributed by atoms with Gasteiger partial charge in [0.05, 0.1) is 6.61 Å². The molecule has 0 atom stereocenters. The van der Waals surface area contributed by atoms with Gasteiger partial charge in [-0.25, -0.2) is 4.98 Å². The number of carbonyl (C=O) groups is 1. The first kappa shape index (κ1) is 11.9. The van der Waals surface area contributed by atoms with Crippen LogP contribution in [0, 0.1) is 0 Å². The second kappa shape index (κ2) is 5.63. The summed E-state index contributed by atoms with van der Waals surface area (Å²) in [7, 11) is 0. The molecule has 1 fully saturated rings. The molecule has 1 aliphatic heterocycles. The number of hydrogen-bond acceptors (Lipinski definition) is 4. The van der Waals surface area contributed by atoms with Gasteiger partial charge in [-0.15, -0.1) is 0 Å². The number of rotatable bonds is 3. The zero-order valence-corrected chi connectivity index (χ0v) is 9.98. The molecule has 92 valence electrons. The summed E-state index contributed by atoms with van der Waals surface area (Å²) >= 11 is 0. The minimum Gasteiger partial charge on any atom is -0.478 e. The van der Waals surface area contributed by atoms with Crippen molar-refractivity contribution in [1.29, 1.82) is 0 Å². The fraction of sp³-hybridized carbons (Fsp3) is 0.500. The molecular weight excluding hydrogens is 218 g/mol. The van der Waals surface area contributed by atoms with E-state index in [9.17, 15) is 4.79 Å². The molecule has 1 aromatic rings. The van der Waals surface area contributed by atoms with Crippen molar-refractivity contribution in [3.63, 3.8) is 0 Å². The van der Waals surface area contributed by atoms with E-state index in [1.165, 1.54) is 0 Å². The van der Waals surface area contributed by atoms with Gasteiger partial charge in [0.25, 0.3) is 5.91 Å². The molecule has 0 saturated carbocycles. The molecular formula is C12H17N3O2. The number of hydrogen-bond donors (Lipinski definition) is 1. The average Bonchev–Trinajstić information content (AvgIpc) is 2.40. The van der Waals surface area contributed by atoms with Crippen LogP contribution in [0.15, 0.2) is 18.2 Å². The van der Waals surface area contributed by atoms with E-state index in [2.05, 4.69) is 10.3 Å². The van der Waals surface area contributed by atoms with Gasteiger partial charge in [0.15, 0.2) is 0 Å². The van der Waals surface area contributed by atoms with Crippen molar-refractivity contribution >= 4 is 5.91 Å². The maximum atomic E-state index is 12.1. The third-order valence-corrected chi connectivity index (χ3v) is 2.64. The maximum absolute atomic E-state index is 12.1. The second-order valence-corrected chi connectivity index (χ2v) is 3.84. The Labute approximate surface area is 101 Å². The quantitative estimate of drug-likeness (QED) is 0.830. The highest BCUT2D eigenvalue weighted by molar-refractivity contribution is 5.92. The molecule has 1 N–H and O–H groups in total. The van der Waals surface area contributed by atoms with Crippen LogP contribution in [-0.4, -0.2) is 48.6 Å². The second-order valence-electron chi connectivity index (χ2n) is 3.84. The SMILES string of the molecule is CCOc1cccc(C(=O)N2CCNCC2)n1. The molecule has 2 heterocycles. The lowest BCUT2D eigenvalue weighted by molar-refractivity contribution is 0.0728. The van der Waals surface area contributed by atoms with E-state index in [4.69, 9.17) is 4.74 Å². The summed E-state index contributed by atoms with van der Waals surface area (Å²) in [5.41, 5.74) is 0.456. The lowest BCUT2D eigenvalue weighted by Crippen LogP contribution is -2.46. The molecule has 0 aromatic carbocycles. The van der Waals surface area contributed by atoms with Crippen LogP contribution in [0.5, 0.6) is 5.88 Å². The van der Waals surface area contributed by atoms with Crippen LogP contribution >= 0.6 is 0 Å². The number of nitrogens with one attached hydrogen (secondary N) is 1. The van der Waals surface area contributed by atoms with Crippen molar-refractivity contribution in [1.82, 2.24) is 15.2 Å². The first-order chi connectivity index (χ1) is 8.31. The normalized spacial score (nSPS) is 15.7. The molecule has 0 bridgehead atoms. The molecule has 5 heteroatoms. The van der Waals surface area contributed by atoms with E-state index in [0.717, 1.165) is 26.2 Å². The molecule has 1 aliphatic rings. The summed E-state index contributed by atoms with van der Waals surface area (Å²) in [6.07, 6.45) is 0. The van der Waals surface area contributed by atoms with Crippen LogP contribution in [0.1, 0.15) is 17.4 Å². The highest BCUT2D eigenvalue weighted by Crippen LogP contribution is 2.10. The molecule has 2 rings (SSSR count). The Morgan fingerprint density at radius 3 is 2.94 bits per heavy atom. The Hall–Kier alpha value is -1.62. The van der Waals surface area contributed by atoms with Crippen LogP contribution in [0.25, 0.3) is 0 Å². The van der Waals surface area contributed by atoms with E-state index < -0.39 is 0 Å². The summed E-state index contributed by atoms with van der Waals surface area (Å²) < 4.78 is 5.29. The van der Waals surface area contributed by atoms with Gasteiger partial charge in [0.1, 0.15) is 5.69 Å². The summed E-state index contributed by atoms with van der Waals surface area (Å²) in [6.45, 7) is 5.61. The molecule has 0 aliphatic carbocycles. The minimum absolute atomic E-state index is 0.0203. The molecule has 17 heavy (non-hydrogen) atoms. The summed E-state index contributed by atoms with van der Waals surface area (Å²) in [5, 5.41) is 3.21. The Morgan fingerprint density at radius 1 is 1.47 bits per heavy atom. The Kier molecular flexibility index (Phi) is 3.93. The van der Waals surface area contributed by atoms with Crippen molar-refractivity contribution in [3.05, 3.63) is 23.9 Å². The largest absolute Gasteiger partial charge is 0.478 e. The molecule has 0 spiro atoms. The number of nitrogens with zero attached hydrogens (tertiary/aromatic N) is 2. The predicted molar refractivity (Wildman–Crippen MR) is 64.2 cm³/mol. The first-order valence-electron chi connectivity index (χ1n) is 5.91. The third kappa shape index (κ3) is 2.94. The van der Waals surface area contributed by atoms with Crippen LogP contribution in [0.2, 0.25) is 0 Å². The fourth-order valence-corrected chi connectivity index (χ4v) is 1.79. The van der Waals surface area contributed by atoms with E-state index in [-0.39, 0.29) is 5.91 Å². The van der Waals surface area contributed by atoms with Crippen molar-refractivity contribution in [2.75, 3.05) is 32.8 Å². The Balaban J connectivity index is 2.09. The minimum atomic E-state index is -0.0203. The zero-order chi connectivity index (χ0) is 12.1. The average molecular weight is 235 g/mol. The van der Waals surface area contributed by atoms with Gasteiger partial charge < -0.3 is 15.0 Å². The van der Waals surface area contributed by atoms with E-state index in [1.807, 2.05) is 11.8 Å². The van der Waals surface area contributed by atoms with Crippen molar-refractivity contribution < 1.29 is 9.53 Å². The number of pyridine rings is 1. The van der Waals surface area contributed by atoms with E-state index in [0.29, 0.717) is 18.2 Å². The monoisotopic (exact) mass is 235 g/mol. The van der Waals surface area contributed by atoms with E-state index >= 15 is 0 Å². The van der Waals surface area contributed by atoms with Crippen LogP contribution in [0.3, 0.4) is 0 Å². The molecule has 0 unspecified atom stereocenters. The summed E-state index contributed by atoms with van der Waals surface area (Å²) in [6, 6.07) is 5.29. The number of ether oxygens (including phenoxy) is 1. The van der Waals surface area contributed by atoms with Crippen molar-refractivity contribution in [2.45, 2.75) is 6.92 Å². The number of piperazine rings is 1. The number of carbonyl (C=O) groups excluding carboxylic acids is 1. The summed E-state index contributed by atoms with van der Waals surface area (Å²) in [5.74, 6) is 0.488. The topological polar surface area (TPSA) is 54.5 Å². The fourth-order valence-electron chi connectivity index (χ4n) is 1.79. The highest BCUT2D eigenvalue weighted by atomic mass is 16.5. The van der Waals surface area contributed by atoms with Crippen LogP contribution < -0.4 is 10.1 Å². The Bertz CT molecular complexity index is 389. The van der Waals surface area contributed by atoms with Gasteiger partial charge in [0.2, 0.25) is 5.88 Å². The van der Waals surface area contributed by atoms with Crippen LogP contribution in [-0.2, 0) is 0 Å². The summed E-state index contributed by atoms with van der Waals surface area (Å²) in [4.78, 5) is 18.2. The molecule has 1 saturated heterocycles. The molecule has 1 amide bonds. The highest BCUT2D eigenvalue weighted by Gasteiger charge is 2.19. The Morgan fingerprint density at radius 2 is 2.24 bits per heavy atom. The standard InChI is InChI=1S/C12H17N3O2/c1-2-17-11-5-3-4-10(14-11)12(16)15-8-6-13-7-9-15/h3-5,13H,2,6-9H2,1H3. The maximum Gasteiger partial charge on any atom is 0.272 e. The zero-order valence-electron chi connectivity index (χ0n) is 9.98. The van der Waals surface area contributed by atoms with Crippen molar-refractivity contribution in [2.24, 2.45) is 0 Å². The van der Waals surface area contributed by atoms with Gasteiger partial charge >= 0.3 is 0 Å². The predicted octanol–water partition coefficient (Wildman–Crippen LogP) is 0.526. The van der Waals surface area contributed by atoms with Gasteiger partial charge in [0, 0.05) is 32.2 Å². The third-order valence-electron chi connectivity index (χ3n) is 2.64. The lowest BCUT2D eigenvalue weighted by atomic mass is 10.3. The molecule has 0 radical (unpaired) electrons. The van der Waals surface area contributed by atoms with Gasteiger partial charge in [-0.3, -0.25) is 4.79 Å². The lowest BCUT2D eigenvalue weighted by Gasteiger charge is -2.27. The van der Waals surface area contributed by atoms with Crippen LogP contribution in [0.4, 0.5) is 0 Å². The first-order valence-corrected chi connectivity index (χ1v) is 5.91. The number of aromatic nitrogens is 1. The van der Waals surface area contributed by atoms with E-state index in [1.54, 1.807) is 18.2 Å². The van der Waals surface area contributed by atoms with Gasteiger partial charge in [-0.2, -0.15) is 0 Å². The number of amides is 1.